The first-order chi connectivity index (χ1) is 6.34. The first-order valence-corrected chi connectivity index (χ1v) is 4.73. The first kappa shape index (κ1) is 8.73. The van der Waals surface area contributed by atoms with Crippen molar-refractivity contribution in [2.45, 2.75) is 19.0 Å². The molecule has 1 atom stereocenters. The molecule has 2 nitrogen and oxygen atoms in total. The molecule has 0 amide bonds. The van der Waals surface area contributed by atoms with Crippen LogP contribution in [0.1, 0.15) is 12.0 Å². The van der Waals surface area contributed by atoms with Crippen LogP contribution in [0.4, 0.5) is 0 Å². The fraction of sp³-hybridized carbons (Fsp3) is 0.364. The van der Waals surface area contributed by atoms with Crippen LogP contribution in [0.3, 0.4) is 0 Å². The molecule has 69 valence electrons. The second-order valence-electron chi connectivity index (χ2n) is 3.56. The van der Waals surface area contributed by atoms with Gasteiger partial charge < -0.3 is 5.73 Å². The van der Waals surface area contributed by atoms with Gasteiger partial charge in [0.05, 0.1) is 0 Å². The number of hydrogen-bond acceptors (Lipinski definition) is 2. The summed E-state index contributed by atoms with van der Waals surface area (Å²) in [5.41, 5.74) is 7.14. The van der Waals surface area contributed by atoms with E-state index in [2.05, 4.69) is 35.7 Å². The number of nitrogens with two attached hydrogens (primary N) is 1. The van der Waals surface area contributed by atoms with Crippen LogP contribution < -0.4 is 5.73 Å². The molecule has 1 aromatic rings. The largest absolute Gasteiger partial charge is 0.326 e. The maximum Gasteiger partial charge on any atom is 0.0421 e. The number of hydrogen-bond donors (Lipinski definition) is 1. The predicted molar refractivity (Wildman–Crippen MR) is 53.7 cm³/mol. The van der Waals surface area contributed by atoms with E-state index >= 15 is 0 Å². The van der Waals surface area contributed by atoms with Crippen molar-refractivity contribution in [3.05, 3.63) is 42.4 Å². The molecule has 1 saturated heterocycles. The molecule has 1 unspecified atom stereocenters. The lowest BCUT2D eigenvalue weighted by atomic mass is 10.2. The van der Waals surface area contributed by atoms with Gasteiger partial charge in [0.1, 0.15) is 0 Å². The van der Waals surface area contributed by atoms with Crippen LogP contribution in [0.2, 0.25) is 0 Å². The zero-order valence-electron chi connectivity index (χ0n) is 7.69. The molecule has 1 aliphatic heterocycles. The Morgan fingerprint density at radius 2 is 2.08 bits per heavy atom. The van der Waals surface area contributed by atoms with Crippen LogP contribution in [0.5, 0.6) is 0 Å². The molecular weight excluding hydrogens is 160 g/mol. The van der Waals surface area contributed by atoms with Crippen molar-refractivity contribution < 1.29 is 0 Å². The van der Waals surface area contributed by atoms with Crippen LogP contribution >= 0.6 is 0 Å². The van der Waals surface area contributed by atoms with E-state index in [0.717, 1.165) is 19.5 Å². The van der Waals surface area contributed by atoms with Gasteiger partial charge in [0.25, 0.3) is 0 Å². The Bertz CT molecular complexity index is 258. The van der Waals surface area contributed by atoms with Gasteiger partial charge in [0.15, 0.2) is 0 Å². The monoisotopic (exact) mass is 175 g/mol. The van der Waals surface area contributed by atoms with Gasteiger partial charge in [-0.2, -0.15) is 0 Å². The Balaban J connectivity index is 1.92. The van der Waals surface area contributed by atoms with Crippen molar-refractivity contribution in [3.8, 4) is 0 Å². The highest BCUT2D eigenvalue weighted by atomic mass is 15.2. The topological polar surface area (TPSA) is 29.3 Å². The van der Waals surface area contributed by atoms with E-state index in [4.69, 9.17) is 5.73 Å². The molecule has 0 spiro atoms. The summed E-state index contributed by atoms with van der Waals surface area (Å²) in [6.45, 7) is 4.22. The summed E-state index contributed by atoms with van der Waals surface area (Å²) in [6, 6.07) is 10.8. The summed E-state index contributed by atoms with van der Waals surface area (Å²) >= 11 is 0. The minimum absolute atomic E-state index is 0.267. The Labute approximate surface area is 79.4 Å². The molecule has 2 N–H and O–H groups in total. The fourth-order valence-electron chi connectivity index (χ4n) is 1.68. The van der Waals surface area contributed by atoms with Gasteiger partial charge in [-0.05, 0) is 12.0 Å². The molecule has 2 rings (SSSR count). The quantitative estimate of drug-likeness (QED) is 0.735. The van der Waals surface area contributed by atoms with E-state index < -0.39 is 0 Å². The second kappa shape index (κ2) is 3.90. The zero-order valence-corrected chi connectivity index (χ0v) is 7.69. The summed E-state index contributed by atoms with van der Waals surface area (Å²) in [5.74, 6) is 0. The maximum absolute atomic E-state index is 5.78. The van der Waals surface area contributed by atoms with Gasteiger partial charge in [0, 0.05) is 25.7 Å². The average Bonchev–Trinajstić information content (AvgIpc) is 2.53. The molecule has 0 saturated carbocycles. The third-order valence-electron chi connectivity index (χ3n) is 2.38. The van der Waals surface area contributed by atoms with Crippen molar-refractivity contribution >= 4 is 0 Å². The molecule has 1 radical (unpaired) electrons. The fourth-order valence-corrected chi connectivity index (χ4v) is 1.68. The summed E-state index contributed by atoms with van der Waals surface area (Å²) in [5, 5.41) is 0. The standard InChI is InChI=1S/C11H15N2/c12-11-6-7-13(9-11)8-10-4-2-1-3-5-10/h1-5,9,11H,6-8,12H2. The van der Waals surface area contributed by atoms with E-state index in [0.29, 0.717) is 0 Å². The normalized spacial score (nSPS) is 23.6. The van der Waals surface area contributed by atoms with Crippen molar-refractivity contribution in [1.82, 2.24) is 4.90 Å². The Kier molecular flexibility index (Phi) is 2.62. The molecule has 0 bridgehead atoms. The van der Waals surface area contributed by atoms with Crippen molar-refractivity contribution in [2.75, 3.05) is 6.54 Å². The lowest BCUT2D eigenvalue weighted by Crippen LogP contribution is -2.20. The van der Waals surface area contributed by atoms with E-state index in [1.807, 2.05) is 6.07 Å². The molecule has 1 aliphatic rings. The van der Waals surface area contributed by atoms with Crippen molar-refractivity contribution in [3.63, 3.8) is 0 Å². The number of likely N-dealkylation sites (tertiary alicyclic amines) is 1. The van der Waals surface area contributed by atoms with Gasteiger partial charge in [-0.25, -0.2) is 0 Å². The number of nitrogens with zero attached hydrogens (tertiary/aromatic N) is 1. The minimum Gasteiger partial charge on any atom is -0.326 e. The van der Waals surface area contributed by atoms with Gasteiger partial charge >= 0.3 is 0 Å². The molecule has 1 fully saturated rings. The highest BCUT2D eigenvalue weighted by Crippen LogP contribution is 2.14. The Morgan fingerprint density at radius 3 is 2.69 bits per heavy atom. The van der Waals surface area contributed by atoms with Gasteiger partial charge in [0.2, 0.25) is 0 Å². The molecule has 1 aromatic carbocycles. The third-order valence-corrected chi connectivity index (χ3v) is 2.38. The van der Waals surface area contributed by atoms with Gasteiger partial charge in [-0.15, -0.1) is 0 Å². The smallest absolute Gasteiger partial charge is 0.0421 e. The Morgan fingerprint density at radius 1 is 1.31 bits per heavy atom. The SMILES string of the molecule is NC1[CH]N(Cc2ccccc2)CC1. The summed E-state index contributed by atoms with van der Waals surface area (Å²) in [4.78, 5) is 2.29. The highest BCUT2D eigenvalue weighted by molar-refractivity contribution is 5.15. The molecular formula is C11H15N2. The minimum atomic E-state index is 0.267. The van der Waals surface area contributed by atoms with Crippen LogP contribution in [0, 0.1) is 6.54 Å². The number of benzene rings is 1. The van der Waals surface area contributed by atoms with Crippen LogP contribution in [0.15, 0.2) is 30.3 Å². The summed E-state index contributed by atoms with van der Waals surface area (Å²) < 4.78 is 0. The molecule has 0 aliphatic carbocycles. The van der Waals surface area contributed by atoms with Crippen molar-refractivity contribution in [1.29, 1.82) is 0 Å². The van der Waals surface area contributed by atoms with E-state index in [-0.39, 0.29) is 6.04 Å². The van der Waals surface area contributed by atoms with Gasteiger partial charge in [-0.1, -0.05) is 30.3 Å². The van der Waals surface area contributed by atoms with E-state index in [1.165, 1.54) is 5.56 Å². The summed E-state index contributed by atoms with van der Waals surface area (Å²) in [7, 11) is 0. The second-order valence-corrected chi connectivity index (χ2v) is 3.56. The number of rotatable bonds is 2. The van der Waals surface area contributed by atoms with Crippen LogP contribution in [-0.4, -0.2) is 17.5 Å². The maximum atomic E-state index is 5.78. The average molecular weight is 175 g/mol. The van der Waals surface area contributed by atoms with Crippen molar-refractivity contribution in [2.24, 2.45) is 5.73 Å². The summed E-state index contributed by atoms with van der Waals surface area (Å²) in [6.07, 6.45) is 1.09. The molecule has 0 aromatic heterocycles. The third kappa shape index (κ3) is 2.29. The lowest BCUT2D eigenvalue weighted by molar-refractivity contribution is 0.378. The van der Waals surface area contributed by atoms with E-state index in [9.17, 15) is 0 Å². The zero-order chi connectivity index (χ0) is 9.10. The van der Waals surface area contributed by atoms with Gasteiger partial charge in [-0.3, -0.25) is 4.90 Å². The van der Waals surface area contributed by atoms with Crippen LogP contribution in [0.25, 0.3) is 0 Å². The lowest BCUT2D eigenvalue weighted by Gasteiger charge is -2.14. The first-order valence-electron chi connectivity index (χ1n) is 4.73. The van der Waals surface area contributed by atoms with Crippen LogP contribution in [-0.2, 0) is 6.54 Å². The molecule has 1 heterocycles. The van der Waals surface area contributed by atoms with E-state index in [1.54, 1.807) is 0 Å². The predicted octanol–water partition coefficient (Wildman–Crippen LogP) is 1.38. The molecule has 13 heavy (non-hydrogen) atoms. The highest BCUT2D eigenvalue weighted by Gasteiger charge is 2.18. The Hall–Kier alpha value is -0.860. The molecule has 2 heteroatoms.